The first-order valence-electron chi connectivity index (χ1n) is 5.38. The number of aromatic nitrogens is 2. The third-order valence-corrected chi connectivity index (χ3v) is 2.95. The van der Waals surface area contributed by atoms with Gasteiger partial charge in [0.1, 0.15) is 12.2 Å². The van der Waals surface area contributed by atoms with E-state index in [0.29, 0.717) is 0 Å². The smallest absolute Gasteiger partial charge is 0.105 e. The number of H-pyrrole nitrogens is 1. The van der Waals surface area contributed by atoms with E-state index in [0.717, 1.165) is 18.7 Å². The van der Waals surface area contributed by atoms with Crippen LogP contribution in [0, 0.1) is 0 Å². The number of aromatic amines is 1. The number of hydrogen-bond donors (Lipinski definition) is 2. The fraction of sp³-hybridized carbons (Fsp3) is 0.250. The van der Waals surface area contributed by atoms with Crippen LogP contribution in [0.15, 0.2) is 30.3 Å². The van der Waals surface area contributed by atoms with Crippen molar-refractivity contribution in [1.82, 2.24) is 10.2 Å². The van der Waals surface area contributed by atoms with Crippen molar-refractivity contribution >= 4 is 0 Å². The van der Waals surface area contributed by atoms with E-state index in [1.807, 2.05) is 6.07 Å². The summed E-state index contributed by atoms with van der Waals surface area (Å²) in [5, 5.41) is 9.92. The Bertz CT molecular complexity index is 459. The summed E-state index contributed by atoms with van der Waals surface area (Å²) in [7, 11) is 0. The SMILES string of the molecule is c1ccc(-c2n[nH]c3c2C[NH2+]CC3)cc1. The van der Waals surface area contributed by atoms with E-state index in [9.17, 15) is 0 Å². The van der Waals surface area contributed by atoms with Crippen molar-refractivity contribution in [2.75, 3.05) is 6.54 Å². The second kappa shape index (κ2) is 3.51. The van der Waals surface area contributed by atoms with Crippen LogP contribution in [0.3, 0.4) is 0 Å². The van der Waals surface area contributed by atoms with Crippen LogP contribution in [0.1, 0.15) is 11.3 Å². The number of rotatable bonds is 1. The van der Waals surface area contributed by atoms with Gasteiger partial charge in [-0.15, -0.1) is 0 Å². The molecule has 0 spiro atoms. The van der Waals surface area contributed by atoms with Gasteiger partial charge in [0.2, 0.25) is 0 Å². The minimum absolute atomic E-state index is 1.05. The largest absolute Gasteiger partial charge is 0.342 e. The highest BCUT2D eigenvalue weighted by molar-refractivity contribution is 5.63. The lowest BCUT2D eigenvalue weighted by molar-refractivity contribution is -0.673. The zero-order chi connectivity index (χ0) is 10.1. The summed E-state index contributed by atoms with van der Waals surface area (Å²) in [6.45, 7) is 2.22. The lowest BCUT2D eigenvalue weighted by Crippen LogP contribution is -2.84. The number of nitrogens with one attached hydrogen (secondary N) is 1. The predicted molar refractivity (Wildman–Crippen MR) is 58.2 cm³/mol. The Balaban J connectivity index is 2.09. The second-order valence-electron chi connectivity index (χ2n) is 3.93. The third-order valence-electron chi connectivity index (χ3n) is 2.95. The van der Waals surface area contributed by atoms with Crippen LogP contribution in [-0.4, -0.2) is 16.7 Å². The summed E-state index contributed by atoms with van der Waals surface area (Å²) in [5.41, 5.74) is 5.04. The highest BCUT2D eigenvalue weighted by Crippen LogP contribution is 2.23. The average Bonchev–Trinajstić information content (AvgIpc) is 2.74. The first kappa shape index (κ1) is 8.68. The number of hydrogen-bond acceptors (Lipinski definition) is 1. The van der Waals surface area contributed by atoms with E-state index in [4.69, 9.17) is 0 Å². The Morgan fingerprint density at radius 3 is 2.93 bits per heavy atom. The molecule has 3 rings (SSSR count). The molecule has 0 aliphatic carbocycles. The molecule has 2 aromatic rings. The summed E-state index contributed by atoms with van der Waals surface area (Å²) in [6, 6.07) is 10.4. The van der Waals surface area contributed by atoms with Gasteiger partial charge < -0.3 is 5.32 Å². The molecule has 15 heavy (non-hydrogen) atoms. The van der Waals surface area contributed by atoms with Gasteiger partial charge in [-0.3, -0.25) is 5.10 Å². The zero-order valence-corrected chi connectivity index (χ0v) is 8.53. The van der Waals surface area contributed by atoms with E-state index < -0.39 is 0 Å². The molecule has 1 aliphatic rings. The second-order valence-corrected chi connectivity index (χ2v) is 3.93. The van der Waals surface area contributed by atoms with Gasteiger partial charge in [0.15, 0.2) is 0 Å². The van der Waals surface area contributed by atoms with Crippen molar-refractivity contribution in [3.8, 4) is 11.3 Å². The van der Waals surface area contributed by atoms with Crippen molar-refractivity contribution in [2.45, 2.75) is 13.0 Å². The Kier molecular flexibility index (Phi) is 2.03. The van der Waals surface area contributed by atoms with Gasteiger partial charge in [-0.05, 0) is 0 Å². The van der Waals surface area contributed by atoms with Crippen molar-refractivity contribution < 1.29 is 5.32 Å². The van der Waals surface area contributed by atoms with Crippen molar-refractivity contribution in [2.24, 2.45) is 0 Å². The molecule has 0 saturated heterocycles. The minimum Gasteiger partial charge on any atom is -0.342 e. The first-order valence-corrected chi connectivity index (χ1v) is 5.38. The summed E-state index contributed by atoms with van der Waals surface area (Å²) in [6.07, 6.45) is 1.11. The van der Waals surface area contributed by atoms with Crippen LogP contribution in [0.4, 0.5) is 0 Å². The van der Waals surface area contributed by atoms with Crippen LogP contribution >= 0.6 is 0 Å². The van der Waals surface area contributed by atoms with Gasteiger partial charge >= 0.3 is 0 Å². The summed E-state index contributed by atoms with van der Waals surface area (Å²) in [5.74, 6) is 0. The number of fused-ring (bicyclic) bond motifs is 1. The Labute approximate surface area is 88.5 Å². The van der Waals surface area contributed by atoms with Crippen molar-refractivity contribution in [3.63, 3.8) is 0 Å². The topological polar surface area (TPSA) is 45.3 Å². The highest BCUT2D eigenvalue weighted by Gasteiger charge is 2.19. The number of nitrogens with zero attached hydrogens (tertiary/aromatic N) is 1. The third kappa shape index (κ3) is 1.45. The molecule has 0 bridgehead atoms. The van der Waals surface area contributed by atoms with Gasteiger partial charge in [-0.2, -0.15) is 5.10 Å². The molecule has 1 aromatic carbocycles. The molecule has 3 heteroatoms. The molecule has 2 heterocycles. The molecule has 0 unspecified atom stereocenters. The quantitative estimate of drug-likeness (QED) is 0.699. The summed E-state index contributed by atoms with van der Waals surface area (Å²) in [4.78, 5) is 0. The molecular formula is C12H14N3+. The fourth-order valence-corrected chi connectivity index (χ4v) is 2.16. The molecule has 0 radical (unpaired) electrons. The number of benzene rings is 1. The molecule has 1 aliphatic heterocycles. The highest BCUT2D eigenvalue weighted by atomic mass is 15.1. The van der Waals surface area contributed by atoms with Gasteiger partial charge in [0, 0.05) is 12.0 Å². The maximum absolute atomic E-state index is 4.42. The van der Waals surface area contributed by atoms with Crippen LogP contribution in [-0.2, 0) is 13.0 Å². The molecule has 0 amide bonds. The summed E-state index contributed by atoms with van der Waals surface area (Å²) >= 11 is 0. The molecular weight excluding hydrogens is 186 g/mol. The number of nitrogens with two attached hydrogens (primary N) is 1. The molecule has 3 N–H and O–H groups in total. The van der Waals surface area contributed by atoms with Gasteiger partial charge in [0.25, 0.3) is 0 Å². The maximum Gasteiger partial charge on any atom is 0.105 e. The van der Waals surface area contributed by atoms with E-state index >= 15 is 0 Å². The van der Waals surface area contributed by atoms with Crippen LogP contribution in [0.2, 0.25) is 0 Å². The standard InChI is InChI=1S/C12H13N3/c1-2-4-9(5-3-1)12-10-8-13-7-6-11(10)14-15-12/h1-5,13H,6-8H2,(H,14,15)/p+1. The van der Waals surface area contributed by atoms with E-state index in [1.165, 1.54) is 23.4 Å². The van der Waals surface area contributed by atoms with Gasteiger partial charge in [-0.25, -0.2) is 0 Å². The van der Waals surface area contributed by atoms with Crippen molar-refractivity contribution in [3.05, 3.63) is 41.6 Å². The average molecular weight is 200 g/mol. The monoisotopic (exact) mass is 200 g/mol. The van der Waals surface area contributed by atoms with Gasteiger partial charge in [0.05, 0.1) is 17.8 Å². The lowest BCUT2D eigenvalue weighted by Gasteiger charge is -2.10. The normalized spacial score (nSPS) is 14.9. The summed E-state index contributed by atoms with van der Waals surface area (Å²) < 4.78 is 0. The van der Waals surface area contributed by atoms with E-state index in [1.54, 1.807) is 0 Å². The van der Waals surface area contributed by atoms with Gasteiger partial charge in [-0.1, -0.05) is 30.3 Å². The van der Waals surface area contributed by atoms with Crippen LogP contribution in [0.25, 0.3) is 11.3 Å². The number of quaternary nitrogens is 1. The Morgan fingerprint density at radius 2 is 2.07 bits per heavy atom. The maximum atomic E-state index is 4.42. The van der Waals surface area contributed by atoms with E-state index in [-0.39, 0.29) is 0 Å². The zero-order valence-electron chi connectivity index (χ0n) is 8.53. The van der Waals surface area contributed by atoms with E-state index in [2.05, 4.69) is 39.8 Å². The molecule has 0 fully saturated rings. The Hall–Kier alpha value is -1.61. The van der Waals surface area contributed by atoms with Crippen LogP contribution in [0.5, 0.6) is 0 Å². The van der Waals surface area contributed by atoms with Crippen LogP contribution < -0.4 is 5.32 Å². The minimum atomic E-state index is 1.05. The molecule has 0 atom stereocenters. The predicted octanol–water partition coefficient (Wildman–Crippen LogP) is 0.696. The lowest BCUT2D eigenvalue weighted by atomic mass is 10.0. The molecule has 0 saturated carbocycles. The fourth-order valence-electron chi connectivity index (χ4n) is 2.16. The molecule has 1 aromatic heterocycles. The first-order chi connectivity index (χ1) is 7.45. The molecule has 3 nitrogen and oxygen atoms in total. The van der Waals surface area contributed by atoms with Crippen molar-refractivity contribution in [1.29, 1.82) is 0 Å². The molecule has 76 valence electrons. The Morgan fingerprint density at radius 1 is 1.20 bits per heavy atom.